The third kappa shape index (κ3) is 3.05. The molecule has 3 heterocycles. The van der Waals surface area contributed by atoms with Gasteiger partial charge < -0.3 is 9.47 Å². The molecule has 4 rings (SSSR count). The fraction of sp³-hybridized carbons (Fsp3) is 0.438. The van der Waals surface area contributed by atoms with Crippen LogP contribution in [0.3, 0.4) is 0 Å². The molecule has 132 valence electrons. The van der Waals surface area contributed by atoms with Gasteiger partial charge in [0.1, 0.15) is 18.7 Å². The maximum absolute atomic E-state index is 12.8. The lowest BCUT2D eigenvalue weighted by Crippen LogP contribution is -2.53. The van der Waals surface area contributed by atoms with Crippen LogP contribution < -0.4 is 4.72 Å². The van der Waals surface area contributed by atoms with Crippen molar-refractivity contribution in [3.05, 3.63) is 42.5 Å². The van der Waals surface area contributed by atoms with E-state index in [0.29, 0.717) is 25.1 Å². The van der Waals surface area contributed by atoms with Gasteiger partial charge in [0.15, 0.2) is 0 Å². The van der Waals surface area contributed by atoms with Crippen LogP contribution in [0.2, 0.25) is 0 Å². The Morgan fingerprint density at radius 3 is 2.52 bits per heavy atom. The molecule has 0 spiro atoms. The van der Waals surface area contributed by atoms with E-state index in [1.807, 2.05) is 4.57 Å². The van der Waals surface area contributed by atoms with Crippen molar-refractivity contribution in [3.63, 3.8) is 0 Å². The minimum absolute atomic E-state index is 0.153. The van der Waals surface area contributed by atoms with Gasteiger partial charge in [-0.25, -0.2) is 8.42 Å². The lowest BCUT2D eigenvalue weighted by Gasteiger charge is -2.35. The first kappa shape index (κ1) is 16.2. The second-order valence-corrected chi connectivity index (χ2v) is 8.13. The van der Waals surface area contributed by atoms with E-state index < -0.39 is 16.1 Å². The second kappa shape index (κ2) is 6.23. The monoisotopic (exact) mass is 361 g/mol. The number of fused-ring (bicyclic) bond motifs is 1. The smallest absolute Gasteiger partial charge is 0.241 e. The Bertz CT molecular complexity index is 873. The summed E-state index contributed by atoms with van der Waals surface area (Å²) in [5, 5.41) is 7.64. The van der Waals surface area contributed by atoms with E-state index in [1.165, 1.54) is 0 Å². The molecule has 8 nitrogen and oxygen atoms in total. The number of nitrogens with one attached hydrogen (secondary N) is 1. The maximum atomic E-state index is 12.8. The lowest BCUT2D eigenvalue weighted by molar-refractivity contribution is -0.134. The quantitative estimate of drug-likeness (QED) is 0.832. The first-order chi connectivity index (χ1) is 12.0. The number of carbonyl (C=O) groups excluding carboxylic acids is 1. The zero-order valence-electron chi connectivity index (χ0n) is 13.6. The summed E-state index contributed by atoms with van der Waals surface area (Å²) in [7, 11) is -3.64. The number of piperidine rings is 1. The zero-order valence-corrected chi connectivity index (χ0v) is 14.4. The topological polar surface area (TPSA) is 97.2 Å². The molecule has 25 heavy (non-hydrogen) atoms. The minimum Gasteiger partial charge on any atom is -0.341 e. The van der Waals surface area contributed by atoms with Crippen LogP contribution in [0, 0.1) is 0 Å². The number of benzene rings is 1. The van der Waals surface area contributed by atoms with E-state index in [2.05, 4.69) is 14.9 Å². The van der Waals surface area contributed by atoms with E-state index in [9.17, 15) is 13.2 Å². The molecule has 2 aliphatic heterocycles. The van der Waals surface area contributed by atoms with Gasteiger partial charge in [-0.3, -0.25) is 4.79 Å². The Labute approximate surface area is 145 Å². The molecule has 1 unspecified atom stereocenters. The Morgan fingerprint density at radius 2 is 1.80 bits per heavy atom. The first-order valence-corrected chi connectivity index (χ1v) is 9.76. The van der Waals surface area contributed by atoms with E-state index >= 15 is 0 Å². The van der Waals surface area contributed by atoms with Crippen molar-refractivity contribution in [1.82, 2.24) is 24.4 Å². The SMILES string of the molecule is O=C(C1Cc2ccccc2S(=O)(=O)N1)N1CCC(n2cnnc2)CC1. The summed E-state index contributed by atoms with van der Waals surface area (Å²) in [6, 6.07) is 6.38. The van der Waals surface area contributed by atoms with Gasteiger partial charge >= 0.3 is 0 Å². The summed E-state index contributed by atoms with van der Waals surface area (Å²) >= 11 is 0. The van der Waals surface area contributed by atoms with Crippen molar-refractivity contribution in [2.75, 3.05) is 13.1 Å². The average Bonchev–Trinajstić information content (AvgIpc) is 3.15. The van der Waals surface area contributed by atoms with Gasteiger partial charge in [0.25, 0.3) is 0 Å². The molecule has 0 saturated carbocycles. The van der Waals surface area contributed by atoms with Gasteiger partial charge in [-0.15, -0.1) is 10.2 Å². The van der Waals surface area contributed by atoms with Gasteiger partial charge in [0, 0.05) is 19.1 Å². The van der Waals surface area contributed by atoms with E-state index in [0.717, 1.165) is 12.8 Å². The van der Waals surface area contributed by atoms with Crippen LogP contribution in [0.25, 0.3) is 0 Å². The number of carbonyl (C=O) groups is 1. The van der Waals surface area contributed by atoms with Gasteiger partial charge in [-0.05, 0) is 30.9 Å². The lowest BCUT2D eigenvalue weighted by atomic mass is 10.0. The van der Waals surface area contributed by atoms with Crippen molar-refractivity contribution in [2.45, 2.75) is 36.2 Å². The van der Waals surface area contributed by atoms with Crippen molar-refractivity contribution in [3.8, 4) is 0 Å². The molecule has 2 aliphatic rings. The van der Waals surface area contributed by atoms with Gasteiger partial charge in [0.2, 0.25) is 15.9 Å². The summed E-state index contributed by atoms with van der Waals surface area (Å²) in [4.78, 5) is 14.8. The predicted octanol–water partition coefficient (Wildman–Crippen LogP) is 0.345. The fourth-order valence-electron chi connectivity index (χ4n) is 3.59. The second-order valence-electron chi connectivity index (χ2n) is 6.45. The molecule has 9 heteroatoms. The van der Waals surface area contributed by atoms with Crippen LogP contribution in [0.15, 0.2) is 41.8 Å². The average molecular weight is 361 g/mol. The molecular formula is C16H19N5O3S. The largest absolute Gasteiger partial charge is 0.341 e. The van der Waals surface area contributed by atoms with Crippen LogP contribution >= 0.6 is 0 Å². The van der Waals surface area contributed by atoms with Crippen LogP contribution in [0.5, 0.6) is 0 Å². The summed E-state index contributed by atoms with van der Waals surface area (Å²) in [6.45, 7) is 1.20. The number of hydrogen-bond donors (Lipinski definition) is 1. The summed E-state index contributed by atoms with van der Waals surface area (Å²) < 4.78 is 29.3. The summed E-state index contributed by atoms with van der Waals surface area (Å²) in [5.74, 6) is -0.153. The molecular weight excluding hydrogens is 342 g/mol. The Hall–Kier alpha value is -2.26. The molecule has 1 saturated heterocycles. The van der Waals surface area contributed by atoms with Crippen LogP contribution in [0.1, 0.15) is 24.4 Å². The third-order valence-electron chi connectivity index (χ3n) is 4.92. The normalized spacial score (nSPS) is 23.2. The highest BCUT2D eigenvalue weighted by atomic mass is 32.2. The van der Waals surface area contributed by atoms with Crippen LogP contribution in [-0.2, 0) is 21.2 Å². The van der Waals surface area contributed by atoms with Gasteiger partial charge in [-0.2, -0.15) is 4.72 Å². The number of likely N-dealkylation sites (tertiary alicyclic amines) is 1. The number of nitrogens with zero attached hydrogens (tertiary/aromatic N) is 4. The van der Waals surface area contributed by atoms with E-state index in [4.69, 9.17) is 0 Å². The van der Waals surface area contributed by atoms with Gasteiger partial charge in [-0.1, -0.05) is 18.2 Å². The summed E-state index contributed by atoms with van der Waals surface area (Å²) in [5.41, 5.74) is 0.693. The Balaban J connectivity index is 1.46. The Kier molecular flexibility index (Phi) is 4.04. The summed E-state index contributed by atoms with van der Waals surface area (Å²) in [6.07, 6.45) is 5.38. The van der Waals surface area contributed by atoms with E-state index in [1.54, 1.807) is 41.8 Å². The number of hydrogen-bond acceptors (Lipinski definition) is 5. The Morgan fingerprint density at radius 1 is 1.12 bits per heavy atom. The number of sulfonamides is 1. The highest BCUT2D eigenvalue weighted by Crippen LogP contribution is 2.26. The van der Waals surface area contributed by atoms with Crippen molar-refractivity contribution in [1.29, 1.82) is 0 Å². The standard InChI is InChI=1S/C16H19N5O3S/c22-16(20-7-5-13(6-8-20)21-10-17-18-11-21)14-9-12-3-1-2-4-15(12)25(23,24)19-14/h1-4,10-11,13-14,19H,5-9H2. The first-order valence-electron chi connectivity index (χ1n) is 8.28. The molecule has 0 aliphatic carbocycles. The van der Waals surface area contributed by atoms with Crippen LogP contribution in [0.4, 0.5) is 0 Å². The molecule has 1 atom stereocenters. The van der Waals surface area contributed by atoms with Crippen LogP contribution in [-0.4, -0.2) is 53.1 Å². The van der Waals surface area contributed by atoms with Crippen molar-refractivity contribution < 1.29 is 13.2 Å². The molecule has 0 radical (unpaired) electrons. The number of rotatable bonds is 2. The highest BCUT2D eigenvalue weighted by Gasteiger charge is 2.36. The number of amides is 1. The highest BCUT2D eigenvalue weighted by molar-refractivity contribution is 7.89. The fourth-order valence-corrected chi connectivity index (χ4v) is 5.03. The van der Waals surface area contributed by atoms with Gasteiger partial charge in [0.05, 0.1) is 4.90 Å². The maximum Gasteiger partial charge on any atom is 0.241 e. The van der Waals surface area contributed by atoms with Crippen molar-refractivity contribution >= 4 is 15.9 Å². The molecule has 1 aromatic heterocycles. The third-order valence-corrected chi connectivity index (χ3v) is 6.49. The molecule has 0 bridgehead atoms. The molecule has 1 aromatic carbocycles. The van der Waals surface area contributed by atoms with E-state index in [-0.39, 0.29) is 16.8 Å². The molecule has 1 N–H and O–H groups in total. The zero-order chi connectivity index (χ0) is 17.4. The molecule has 2 aromatic rings. The van der Waals surface area contributed by atoms with Crippen molar-refractivity contribution in [2.24, 2.45) is 0 Å². The molecule has 1 amide bonds. The number of aromatic nitrogens is 3. The minimum atomic E-state index is -3.64. The predicted molar refractivity (Wildman–Crippen MR) is 89.1 cm³/mol. The molecule has 1 fully saturated rings.